The van der Waals surface area contributed by atoms with Gasteiger partial charge in [0.25, 0.3) is 0 Å². The quantitative estimate of drug-likeness (QED) is 0.529. The Morgan fingerprint density at radius 3 is 2.52 bits per heavy atom. The van der Waals surface area contributed by atoms with Gasteiger partial charge in [-0.2, -0.15) is 0 Å². The molecule has 3 aromatic carbocycles. The van der Waals surface area contributed by atoms with Gasteiger partial charge in [0.1, 0.15) is 5.37 Å². The van der Waals surface area contributed by atoms with Crippen LogP contribution in [0.15, 0.2) is 78.9 Å². The molecule has 0 aliphatic carbocycles. The number of anilines is 2. The van der Waals surface area contributed by atoms with E-state index >= 15 is 0 Å². The average Bonchev–Trinajstić information content (AvgIpc) is 3.17. The summed E-state index contributed by atoms with van der Waals surface area (Å²) in [4.78, 5) is 27.4. The molecule has 1 fully saturated rings. The molecule has 31 heavy (non-hydrogen) atoms. The van der Waals surface area contributed by atoms with E-state index in [0.717, 1.165) is 34.5 Å². The van der Waals surface area contributed by atoms with Gasteiger partial charge in [0.2, 0.25) is 11.8 Å². The molecule has 1 aliphatic heterocycles. The second-order valence-corrected chi connectivity index (χ2v) is 8.82. The summed E-state index contributed by atoms with van der Waals surface area (Å²) in [5.74, 6) is 0.331. The molecular formula is C26H26N2O2S. The molecule has 0 aromatic heterocycles. The van der Waals surface area contributed by atoms with E-state index in [0.29, 0.717) is 5.75 Å². The van der Waals surface area contributed by atoms with Crippen LogP contribution in [-0.2, 0) is 9.59 Å². The molecule has 158 valence electrons. The van der Waals surface area contributed by atoms with Crippen LogP contribution in [0.25, 0.3) is 0 Å². The third-order valence-corrected chi connectivity index (χ3v) is 6.76. The van der Waals surface area contributed by atoms with Gasteiger partial charge in [-0.3, -0.25) is 14.5 Å². The summed E-state index contributed by atoms with van der Waals surface area (Å²) in [6.07, 6.45) is 0.726. The maximum absolute atomic E-state index is 13.0. The SMILES string of the molecule is CC[C@@H](C(=O)Nc1cccc([C@H]2SCC(=O)N2c2ccc(C)cc2)c1)c1ccccc1. The van der Waals surface area contributed by atoms with Crippen molar-refractivity contribution in [2.75, 3.05) is 16.0 Å². The Balaban J connectivity index is 1.55. The van der Waals surface area contributed by atoms with Crippen molar-refractivity contribution in [3.8, 4) is 0 Å². The normalized spacial score (nSPS) is 16.9. The van der Waals surface area contributed by atoms with E-state index in [9.17, 15) is 9.59 Å². The Bertz CT molecular complexity index is 1070. The van der Waals surface area contributed by atoms with Crippen LogP contribution < -0.4 is 10.2 Å². The van der Waals surface area contributed by atoms with Crippen molar-refractivity contribution in [2.24, 2.45) is 0 Å². The second kappa shape index (κ2) is 9.40. The van der Waals surface area contributed by atoms with Crippen LogP contribution >= 0.6 is 11.8 Å². The Labute approximate surface area is 187 Å². The Morgan fingerprint density at radius 2 is 1.81 bits per heavy atom. The molecule has 1 aliphatic rings. The number of nitrogens with one attached hydrogen (secondary N) is 1. The molecule has 1 N–H and O–H groups in total. The van der Waals surface area contributed by atoms with Gasteiger partial charge in [0.05, 0.1) is 11.7 Å². The first-order valence-electron chi connectivity index (χ1n) is 10.5. The zero-order chi connectivity index (χ0) is 21.8. The van der Waals surface area contributed by atoms with E-state index in [1.54, 1.807) is 11.8 Å². The molecule has 5 heteroatoms. The highest BCUT2D eigenvalue weighted by Crippen LogP contribution is 2.42. The monoisotopic (exact) mass is 430 g/mol. The summed E-state index contributed by atoms with van der Waals surface area (Å²) in [6, 6.07) is 25.7. The molecule has 0 unspecified atom stereocenters. The van der Waals surface area contributed by atoms with Gasteiger partial charge in [-0.1, -0.05) is 67.1 Å². The maximum atomic E-state index is 13.0. The van der Waals surface area contributed by atoms with Crippen LogP contribution in [0.1, 0.15) is 41.3 Å². The predicted molar refractivity (Wildman–Crippen MR) is 128 cm³/mol. The highest BCUT2D eigenvalue weighted by Gasteiger charge is 2.34. The summed E-state index contributed by atoms with van der Waals surface area (Å²) in [5.41, 5.74) is 4.83. The van der Waals surface area contributed by atoms with Crippen molar-refractivity contribution in [1.29, 1.82) is 0 Å². The molecule has 0 radical (unpaired) electrons. The molecule has 1 heterocycles. The van der Waals surface area contributed by atoms with E-state index in [1.165, 1.54) is 0 Å². The van der Waals surface area contributed by atoms with Crippen LogP contribution in [0.5, 0.6) is 0 Å². The smallest absolute Gasteiger partial charge is 0.238 e. The van der Waals surface area contributed by atoms with Crippen molar-refractivity contribution < 1.29 is 9.59 Å². The minimum Gasteiger partial charge on any atom is -0.326 e. The largest absolute Gasteiger partial charge is 0.326 e. The fourth-order valence-corrected chi connectivity index (χ4v) is 5.08. The molecule has 2 atom stereocenters. The fourth-order valence-electron chi connectivity index (χ4n) is 3.91. The summed E-state index contributed by atoms with van der Waals surface area (Å²) < 4.78 is 0. The summed E-state index contributed by atoms with van der Waals surface area (Å²) in [6.45, 7) is 4.06. The number of hydrogen-bond acceptors (Lipinski definition) is 3. The molecule has 4 nitrogen and oxygen atoms in total. The van der Waals surface area contributed by atoms with Gasteiger partial charge in [0.15, 0.2) is 0 Å². The Kier molecular flexibility index (Phi) is 6.42. The van der Waals surface area contributed by atoms with Crippen LogP contribution in [-0.4, -0.2) is 17.6 Å². The Morgan fingerprint density at radius 1 is 1.06 bits per heavy atom. The van der Waals surface area contributed by atoms with E-state index < -0.39 is 0 Å². The standard InChI is InChI=1S/C26H26N2O2S/c1-3-23(19-8-5-4-6-9-19)25(30)27-21-11-7-10-20(16-21)26-28(24(29)17-31-26)22-14-12-18(2)13-15-22/h4-16,23,26H,3,17H2,1-2H3,(H,27,30)/t23-,26-/m1/s1. The number of thioether (sulfide) groups is 1. The number of hydrogen-bond donors (Lipinski definition) is 1. The number of nitrogens with zero attached hydrogens (tertiary/aromatic N) is 1. The van der Waals surface area contributed by atoms with E-state index in [2.05, 4.69) is 5.32 Å². The number of amides is 2. The zero-order valence-corrected chi connectivity index (χ0v) is 18.6. The molecule has 4 rings (SSSR count). The maximum Gasteiger partial charge on any atom is 0.238 e. The van der Waals surface area contributed by atoms with Gasteiger partial charge < -0.3 is 5.32 Å². The minimum absolute atomic E-state index is 0.0172. The first-order valence-corrected chi connectivity index (χ1v) is 11.6. The first-order chi connectivity index (χ1) is 15.1. The zero-order valence-electron chi connectivity index (χ0n) is 17.7. The van der Waals surface area contributed by atoms with Crippen LogP contribution in [0.2, 0.25) is 0 Å². The van der Waals surface area contributed by atoms with Crippen molar-refractivity contribution >= 4 is 35.0 Å². The molecular weight excluding hydrogens is 404 g/mol. The average molecular weight is 431 g/mol. The third-order valence-electron chi connectivity index (χ3n) is 5.55. The highest BCUT2D eigenvalue weighted by atomic mass is 32.2. The van der Waals surface area contributed by atoms with Gasteiger partial charge in [0, 0.05) is 11.4 Å². The molecule has 1 saturated heterocycles. The van der Waals surface area contributed by atoms with Crippen molar-refractivity contribution in [3.63, 3.8) is 0 Å². The number of aryl methyl sites for hydroxylation is 1. The lowest BCUT2D eigenvalue weighted by molar-refractivity contribution is -0.118. The molecule has 0 bridgehead atoms. The fraction of sp³-hybridized carbons (Fsp3) is 0.231. The third kappa shape index (κ3) is 4.67. The van der Waals surface area contributed by atoms with Crippen molar-refractivity contribution in [3.05, 3.63) is 95.6 Å². The lowest BCUT2D eigenvalue weighted by Crippen LogP contribution is -2.27. The number of benzene rings is 3. The lowest BCUT2D eigenvalue weighted by Gasteiger charge is -2.25. The molecule has 0 spiro atoms. The lowest BCUT2D eigenvalue weighted by atomic mass is 9.95. The summed E-state index contributed by atoms with van der Waals surface area (Å²) >= 11 is 1.61. The summed E-state index contributed by atoms with van der Waals surface area (Å²) in [5, 5.41) is 2.97. The van der Waals surface area contributed by atoms with E-state index in [4.69, 9.17) is 0 Å². The molecule has 2 amide bonds. The highest BCUT2D eigenvalue weighted by molar-refractivity contribution is 8.00. The topological polar surface area (TPSA) is 49.4 Å². The molecule has 0 saturated carbocycles. The van der Waals surface area contributed by atoms with Crippen LogP contribution in [0.3, 0.4) is 0 Å². The van der Waals surface area contributed by atoms with Crippen LogP contribution in [0.4, 0.5) is 11.4 Å². The van der Waals surface area contributed by atoms with Gasteiger partial charge in [-0.15, -0.1) is 11.8 Å². The minimum atomic E-state index is -0.198. The second-order valence-electron chi connectivity index (χ2n) is 7.75. The van der Waals surface area contributed by atoms with Crippen molar-refractivity contribution in [1.82, 2.24) is 0 Å². The van der Waals surface area contributed by atoms with E-state index in [-0.39, 0.29) is 23.1 Å². The van der Waals surface area contributed by atoms with Gasteiger partial charge in [-0.25, -0.2) is 0 Å². The van der Waals surface area contributed by atoms with Gasteiger partial charge >= 0.3 is 0 Å². The predicted octanol–water partition coefficient (Wildman–Crippen LogP) is 5.91. The first kappa shape index (κ1) is 21.2. The van der Waals surface area contributed by atoms with Crippen LogP contribution in [0, 0.1) is 6.92 Å². The number of carbonyl (C=O) groups is 2. The Hall–Kier alpha value is -3.05. The number of rotatable bonds is 6. The molecule has 3 aromatic rings. The van der Waals surface area contributed by atoms with Gasteiger partial charge in [-0.05, 0) is 48.7 Å². The van der Waals surface area contributed by atoms with Crippen molar-refractivity contribution in [2.45, 2.75) is 31.6 Å². The number of carbonyl (C=O) groups excluding carboxylic acids is 2. The summed E-state index contributed by atoms with van der Waals surface area (Å²) in [7, 11) is 0. The van der Waals surface area contributed by atoms with E-state index in [1.807, 2.05) is 97.6 Å².